The Morgan fingerprint density at radius 1 is 1.28 bits per heavy atom. The first-order valence-corrected chi connectivity index (χ1v) is 5.72. The molecule has 0 saturated heterocycles. The number of carboxylic acids is 1. The van der Waals surface area contributed by atoms with Gasteiger partial charge in [-0.15, -0.1) is 0 Å². The molecule has 4 nitrogen and oxygen atoms in total. The fourth-order valence-corrected chi connectivity index (χ4v) is 1.76. The molecule has 2 N–H and O–H groups in total. The van der Waals surface area contributed by atoms with Crippen molar-refractivity contribution in [1.82, 2.24) is 4.98 Å². The van der Waals surface area contributed by atoms with Crippen LogP contribution in [0, 0.1) is 0 Å². The standard InChI is InChI=1S/C13H11ClN2O2/c14-10-5-1-2-6-11(10)16-8-12-9(13(17)18)4-3-7-15-12/h1-7,16H,8H2,(H,17,18). The number of para-hydroxylation sites is 1. The number of aromatic carboxylic acids is 1. The van der Waals surface area contributed by atoms with E-state index in [9.17, 15) is 4.79 Å². The van der Waals surface area contributed by atoms with Crippen molar-refractivity contribution in [2.24, 2.45) is 0 Å². The van der Waals surface area contributed by atoms with Gasteiger partial charge in [0.2, 0.25) is 0 Å². The van der Waals surface area contributed by atoms with Crippen LogP contribution in [-0.4, -0.2) is 16.1 Å². The van der Waals surface area contributed by atoms with Gasteiger partial charge < -0.3 is 10.4 Å². The number of aromatic nitrogens is 1. The monoisotopic (exact) mass is 262 g/mol. The summed E-state index contributed by atoms with van der Waals surface area (Å²) < 4.78 is 0. The van der Waals surface area contributed by atoms with Crippen LogP contribution in [0.3, 0.4) is 0 Å². The average molecular weight is 263 g/mol. The normalized spacial score (nSPS) is 10.1. The molecule has 0 saturated carbocycles. The summed E-state index contributed by atoms with van der Waals surface area (Å²) in [6.07, 6.45) is 1.57. The molecule has 5 heteroatoms. The highest BCUT2D eigenvalue weighted by Crippen LogP contribution is 2.21. The summed E-state index contributed by atoms with van der Waals surface area (Å²) in [7, 11) is 0. The first-order chi connectivity index (χ1) is 8.68. The van der Waals surface area contributed by atoms with E-state index in [2.05, 4.69) is 10.3 Å². The van der Waals surface area contributed by atoms with Crippen LogP contribution in [0.15, 0.2) is 42.6 Å². The topological polar surface area (TPSA) is 62.2 Å². The molecule has 0 aliphatic carbocycles. The quantitative estimate of drug-likeness (QED) is 0.889. The number of benzene rings is 1. The minimum Gasteiger partial charge on any atom is -0.478 e. The molecule has 1 aromatic carbocycles. The van der Waals surface area contributed by atoms with E-state index < -0.39 is 5.97 Å². The summed E-state index contributed by atoms with van der Waals surface area (Å²) >= 11 is 5.99. The molecule has 2 aromatic rings. The molecule has 92 valence electrons. The summed E-state index contributed by atoms with van der Waals surface area (Å²) in [5.74, 6) is -0.987. The van der Waals surface area contributed by atoms with Crippen LogP contribution in [0.5, 0.6) is 0 Å². The van der Waals surface area contributed by atoms with Gasteiger partial charge in [-0.1, -0.05) is 23.7 Å². The van der Waals surface area contributed by atoms with E-state index in [1.165, 1.54) is 6.07 Å². The van der Waals surface area contributed by atoms with Crippen molar-refractivity contribution < 1.29 is 9.90 Å². The van der Waals surface area contributed by atoms with Crippen LogP contribution >= 0.6 is 11.6 Å². The molecule has 0 fully saturated rings. The molecule has 1 heterocycles. The predicted octanol–water partition coefficient (Wildman–Crippen LogP) is 3.05. The molecule has 0 spiro atoms. The Morgan fingerprint density at radius 3 is 2.78 bits per heavy atom. The van der Waals surface area contributed by atoms with E-state index in [0.29, 0.717) is 17.3 Å². The van der Waals surface area contributed by atoms with Gasteiger partial charge in [0.1, 0.15) is 0 Å². The SMILES string of the molecule is O=C(O)c1cccnc1CNc1ccccc1Cl. The van der Waals surface area contributed by atoms with Gasteiger partial charge in [0, 0.05) is 6.20 Å². The maximum atomic E-state index is 11.0. The number of nitrogens with one attached hydrogen (secondary N) is 1. The van der Waals surface area contributed by atoms with Gasteiger partial charge in [0.25, 0.3) is 0 Å². The number of anilines is 1. The summed E-state index contributed by atoms with van der Waals surface area (Å²) in [5.41, 5.74) is 1.42. The zero-order valence-electron chi connectivity index (χ0n) is 9.43. The van der Waals surface area contributed by atoms with Crippen LogP contribution in [-0.2, 0) is 6.54 Å². The molecule has 1 aromatic heterocycles. The first-order valence-electron chi connectivity index (χ1n) is 5.34. The van der Waals surface area contributed by atoms with E-state index in [1.54, 1.807) is 18.3 Å². The molecule has 0 amide bonds. The molecule has 18 heavy (non-hydrogen) atoms. The second kappa shape index (κ2) is 5.51. The lowest BCUT2D eigenvalue weighted by Crippen LogP contribution is -2.09. The van der Waals surface area contributed by atoms with Gasteiger partial charge in [-0.2, -0.15) is 0 Å². The third-order valence-corrected chi connectivity index (χ3v) is 2.77. The smallest absolute Gasteiger partial charge is 0.337 e. The van der Waals surface area contributed by atoms with Gasteiger partial charge in [0.15, 0.2) is 0 Å². The van der Waals surface area contributed by atoms with Gasteiger partial charge in [-0.05, 0) is 24.3 Å². The summed E-state index contributed by atoms with van der Waals surface area (Å²) in [6, 6.07) is 10.4. The second-order valence-corrected chi connectivity index (χ2v) is 4.04. The fraction of sp³-hybridized carbons (Fsp3) is 0.0769. The zero-order chi connectivity index (χ0) is 13.0. The van der Waals surface area contributed by atoms with Crippen LogP contribution in [0.2, 0.25) is 5.02 Å². The first kappa shape index (κ1) is 12.4. The molecule has 0 bridgehead atoms. The van der Waals surface area contributed by atoms with Crippen molar-refractivity contribution in [2.45, 2.75) is 6.54 Å². The maximum absolute atomic E-state index is 11.0. The molecule has 0 aliphatic heterocycles. The molecule has 0 aliphatic rings. The Kier molecular flexibility index (Phi) is 3.79. The Labute approximate surface area is 109 Å². The lowest BCUT2D eigenvalue weighted by atomic mass is 10.2. The van der Waals surface area contributed by atoms with E-state index in [0.717, 1.165) is 5.69 Å². The lowest BCUT2D eigenvalue weighted by molar-refractivity contribution is 0.0695. The number of halogens is 1. The Morgan fingerprint density at radius 2 is 2.06 bits per heavy atom. The highest BCUT2D eigenvalue weighted by Gasteiger charge is 2.10. The van der Waals surface area contributed by atoms with E-state index >= 15 is 0 Å². The van der Waals surface area contributed by atoms with Crippen molar-refractivity contribution in [3.8, 4) is 0 Å². The number of hydrogen-bond acceptors (Lipinski definition) is 3. The number of nitrogens with zero attached hydrogens (tertiary/aromatic N) is 1. The minimum absolute atomic E-state index is 0.192. The van der Waals surface area contributed by atoms with Crippen LogP contribution in [0.1, 0.15) is 16.1 Å². The number of carbonyl (C=O) groups is 1. The molecule has 0 atom stereocenters. The number of hydrogen-bond donors (Lipinski definition) is 2. The minimum atomic E-state index is -0.987. The Balaban J connectivity index is 2.16. The van der Waals surface area contributed by atoms with Gasteiger partial charge in [-0.25, -0.2) is 4.79 Å². The lowest BCUT2D eigenvalue weighted by Gasteiger charge is -2.09. The number of pyridine rings is 1. The highest BCUT2D eigenvalue weighted by molar-refractivity contribution is 6.33. The third-order valence-electron chi connectivity index (χ3n) is 2.44. The van der Waals surface area contributed by atoms with E-state index in [4.69, 9.17) is 16.7 Å². The van der Waals surface area contributed by atoms with Crippen molar-refractivity contribution in [2.75, 3.05) is 5.32 Å². The molecular weight excluding hydrogens is 252 g/mol. The van der Waals surface area contributed by atoms with Crippen LogP contribution in [0.25, 0.3) is 0 Å². The summed E-state index contributed by atoms with van der Waals surface area (Å²) in [5, 5.41) is 12.7. The van der Waals surface area contributed by atoms with Gasteiger partial charge in [-0.3, -0.25) is 4.98 Å². The van der Waals surface area contributed by atoms with Crippen molar-refractivity contribution >= 4 is 23.3 Å². The number of rotatable bonds is 4. The zero-order valence-corrected chi connectivity index (χ0v) is 10.2. The van der Waals surface area contributed by atoms with Crippen molar-refractivity contribution in [3.05, 3.63) is 58.9 Å². The molecule has 2 rings (SSSR count). The number of carboxylic acid groups (broad SMARTS) is 1. The van der Waals surface area contributed by atoms with Crippen LogP contribution in [0.4, 0.5) is 5.69 Å². The molecule has 0 unspecified atom stereocenters. The molecular formula is C13H11ClN2O2. The highest BCUT2D eigenvalue weighted by atomic mass is 35.5. The fourth-order valence-electron chi connectivity index (χ4n) is 1.56. The average Bonchev–Trinajstić information content (AvgIpc) is 2.38. The third kappa shape index (κ3) is 2.78. The van der Waals surface area contributed by atoms with E-state index in [-0.39, 0.29) is 5.56 Å². The summed E-state index contributed by atoms with van der Waals surface area (Å²) in [4.78, 5) is 15.1. The van der Waals surface area contributed by atoms with Crippen LogP contribution < -0.4 is 5.32 Å². The maximum Gasteiger partial charge on any atom is 0.337 e. The second-order valence-electron chi connectivity index (χ2n) is 3.64. The van der Waals surface area contributed by atoms with Gasteiger partial charge >= 0.3 is 5.97 Å². The van der Waals surface area contributed by atoms with Gasteiger partial charge in [0.05, 0.1) is 28.5 Å². The Bertz CT molecular complexity index is 572. The van der Waals surface area contributed by atoms with Crippen molar-refractivity contribution in [3.63, 3.8) is 0 Å². The molecule has 0 radical (unpaired) electrons. The van der Waals surface area contributed by atoms with E-state index in [1.807, 2.05) is 18.2 Å². The Hall–Kier alpha value is -2.07. The van der Waals surface area contributed by atoms with Crippen molar-refractivity contribution in [1.29, 1.82) is 0 Å². The summed E-state index contributed by atoms with van der Waals surface area (Å²) in [6.45, 7) is 0.312. The predicted molar refractivity (Wildman–Crippen MR) is 70.0 cm³/mol. The largest absolute Gasteiger partial charge is 0.478 e.